The molecule has 0 radical (unpaired) electrons. The van der Waals surface area contributed by atoms with Gasteiger partial charge in [-0.25, -0.2) is 4.39 Å². The molecule has 0 aromatic heterocycles. The average molecular weight is 351 g/mol. The average Bonchev–Trinajstić information content (AvgIpc) is 2.46. The van der Waals surface area contributed by atoms with Crippen molar-refractivity contribution in [2.24, 2.45) is 0 Å². The van der Waals surface area contributed by atoms with E-state index in [1.807, 2.05) is 24.3 Å². The van der Waals surface area contributed by atoms with Gasteiger partial charge in [-0.05, 0) is 48.9 Å². The highest BCUT2D eigenvalue weighted by molar-refractivity contribution is 9.10. The molecule has 0 aliphatic heterocycles. The second-order valence-corrected chi connectivity index (χ2v) is 5.98. The number of hydrogen-bond acceptors (Lipinski definition) is 2. The number of halogens is 2. The lowest BCUT2D eigenvalue weighted by Crippen LogP contribution is -2.23. The second-order valence-electron chi connectivity index (χ2n) is 5.07. The van der Waals surface area contributed by atoms with Gasteiger partial charge < -0.3 is 10.2 Å². The Morgan fingerprint density at radius 3 is 2.62 bits per heavy atom. The molecule has 2 aromatic rings. The highest BCUT2D eigenvalue weighted by atomic mass is 79.9. The van der Waals surface area contributed by atoms with Gasteiger partial charge >= 0.3 is 0 Å². The molecule has 0 heterocycles. The van der Waals surface area contributed by atoms with Gasteiger partial charge in [0, 0.05) is 30.3 Å². The van der Waals surface area contributed by atoms with Crippen LogP contribution >= 0.6 is 15.9 Å². The molecule has 2 nitrogen and oxygen atoms in total. The predicted molar refractivity (Wildman–Crippen MR) is 90.1 cm³/mol. The fraction of sp³-hybridized carbons (Fsp3) is 0.294. The van der Waals surface area contributed by atoms with E-state index in [2.05, 4.69) is 45.3 Å². The monoisotopic (exact) mass is 350 g/mol. The van der Waals surface area contributed by atoms with Crippen molar-refractivity contribution < 1.29 is 4.39 Å². The normalized spacial score (nSPS) is 10.6. The van der Waals surface area contributed by atoms with E-state index in [-0.39, 0.29) is 5.82 Å². The van der Waals surface area contributed by atoms with Gasteiger partial charge in [-0.3, -0.25) is 0 Å². The Kier molecular flexibility index (Phi) is 6.21. The topological polar surface area (TPSA) is 15.3 Å². The lowest BCUT2D eigenvalue weighted by Gasteiger charge is -2.19. The van der Waals surface area contributed by atoms with E-state index < -0.39 is 0 Å². The van der Waals surface area contributed by atoms with Crippen LogP contribution < -0.4 is 10.2 Å². The van der Waals surface area contributed by atoms with Crippen molar-refractivity contribution in [3.63, 3.8) is 0 Å². The minimum Gasteiger partial charge on any atom is -0.375 e. The molecule has 4 heteroatoms. The molecular formula is C17H20BrFN2. The Morgan fingerprint density at radius 2 is 1.90 bits per heavy atom. The third-order valence-electron chi connectivity index (χ3n) is 3.30. The quantitative estimate of drug-likeness (QED) is 0.752. The Balaban J connectivity index is 1.68. The molecule has 0 fully saturated rings. The van der Waals surface area contributed by atoms with E-state index in [1.54, 1.807) is 6.07 Å². The molecule has 0 atom stereocenters. The lowest BCUT2D eigenvalue weighted by atomic mass is 10.2. The molecule has 0 saturated carbocycles. The maximum Gasteiger partial charge on any atom is 0.124 e. The molecule has 0 spiro atoms. The Bertz CT molecular complexity index is 540. The van der Waals surface area contributed by atoms with Crippen LogP contribution in [0.15, 0.2) is 53.0 Å². The molecule has 0 amide bonds. The van der Waals surface area contributed by atoms with E-state index in [0.717, 1.165) is 29.5 Å². The molecular weight excluding hydrogens is 331 g/mol. The van der Waals surface area contributed by atoms with Crippen LogP contribution in [-0.4, -0.2) is 20.1 Å². The fourth-order valence-corrected chi connectivity index (χ4v) is 2.71. The SMILES string of the molecule is CN(CCCNCc1cc(F)cc(Br)c1)c1ccccc1. The van der Waals surface area contributed by atoms with Crippen molar-refractivity contribution in [1.29, 1.82) is 0 Å². The summed E-state index contributed by atoms with van der Waals surface area (Å²) in [4.78, 5) is 2.24. The summed E-state index contributed by atoms with van der Waals surface area (Å²) in [5.41, 5.74) is 2.19. The van der Waals surface area contributed by atoms with Gasteiger partial charge in [-0.15, -0.1) is 0 Å². The smallest absolute Gasteiger partial charge is 0.124 e. The first-order valence-electron chi connectivity index (χ1n) is 7.07. The zero-order chi connectivity index (χ0) is 15.1. The van der Waals surface area contributed by atoms with Crippen LogP contribution in [0.25, 0.3) is 0 Å². The number of rotatable bonds is 7. The molecule has 1 N–H and O–H groups in total. The van der Waals surface area contributed by atoms with Gasteiger partial charge in [0.2, 0.25) is 0 Å². The first-order valence-corrected chi connectivity index (χ1v) is 7.86. The first kappa shape index (κ1) is 16.0. The van der Waals surface area contributed by atoms with Crippen LogP contribution in [0, 0.1) is 5.82 Å². The largest absolute Gasteiger partial charge is 0.375 e. The van der Waals surface area contributed by atoms with Crippen molar-refractivity contribution in [2.45, 2.75) is 13.0 Å². The number of nitrogens with zero attached hydrogens (tertiary/aromatic N) is 1. The summed E-state index contributed by atoms with van der Waals surface area (Å²) < 4.78 is 14.0. The summed E-state index contributed by atoms with van der Waals surface area (Å²) in [6.07, 6.45) is 1.04. The van der Waals surface area contributed by atoms with Gasteiger partial charge in [0.25, 0.3) is 0 Å². The molecule has 0 aliphatic carbocycles. The van der Waals surface area contributed by atoms with Crippen molar-refractivity contribution in [2.75, 3.05) is 25.0 Å². The molecule has 2 rings (SSSR count). The van der Waals surface area contributed by atoms with Crippen molar-refractivity contribution in [3.8, 4) is 0 Å². The van der Waals surface area contributed by atoms with E-state index in [4.69, 9.17) is 0 Å². The molecule has 0 aliphatic rings. The predicted octanol–water partition coefficient (Wildman–Crippen LogP) is 4.20. The number of anilines is 1. The Labute approximate surface area is 134 Å². The third kappa shape index (κ3) is 5.48. The lowest BCUT2D eigenvalue weighted by molar-refractivity contribution is 0.614. The second kappa shape index (κ2) is 8.15. The minimum atomic E-state index is -0.204. The summed E-state index contributed by atoms with van der Waals surface area (Å²) in [7, 11) is 2.10. The summed E-state index contributed by atoms with van der Waals surface area (Å²) in [5, 5.41) is 3.35. The standard InChI is InChI=1S/C17H20BrFN2/c1-21(17-6-3-2-4-7-17)9-5-8-20-13-14-10-15(18)12-16(19)11-14/h2-4,6-7,10-12,20H,5,8-9,13H2,1H3. The van der Waals surface area contributed by atoms with Gasteiger partial charge in [0.05, 0.1) is 0 Å². The maximum absolute atomic E-state index is 13.2. The van der Waals surface area contributed by atoms with Crippen LogP contribution in [0.2, 0.25) is 0 Å². The van der Waals surface area contributed by atoms with Gasteiger partial charge in [0.1, 0.15) is 5.82 Å². The number of nitrogens with one attached hydrogen (secondary N) is 1. The molecule has 0 saturated heterocycles. The van der Waals surface area contributed by atoms with E-state index in [0.29, 0.717) is 6.54 Å². The molecule has 112 valence electrons. The zero-order valence-electron chi connectivity index (χ0n) is 12.2. The first-order chi connectivity index (χ1) is 10.1. The van der Waals surface area contributed by atoms with Gasteiger partial charge in [-0.1, -0.05) is 34.1 Å². The molecule has 0 unspecified atom stereocenters. The minimum absolute atomic E-state index is 0.204. The number of hydrogen-bond donors (Lipinski definition) is 1. The van der Waals surface area contributed by atoms with Crippen LogP contribution in [-0.2, 0) is 6.54 Å². The van der Waals surface area contributed by atoms with Crippen molar-refractivity contribution >= 4 is 21.6 Å². The Morgan fingerprint density at radius 1 is 1.14 bits per heavy atom. The molecule has 2 aromatic carbocycles. The highest BCUT2D eigenvalue weighted by Gasteiger charge is 2.01. The number of para-hydroxylation sites is 1. The van der Waals surface area contributed by atoms with E-state index >= 15 is 0 Å². The Hall–Kier alpha value is -1.39. The summed E-state index contributed by atoms with van der Waals surface area (Å²) in [5.74, 6) is -0.204. The fourth-order valence-electron chi connectivity index (χ4n) is 2.20. The van der Waals surface area contributed by atoms with Gasteiger partial charge in [-0.2, -0.15) is 0 Å². The third-order valence-corrected chi connectivity index (χ3v) is 3.75. The van der Waals surface area contributed by atoms with Crippen molar-refractivity contribution in [3.05, 3.63) is 64.4 Å². The molecule has 0 bridgehead atoms. The van der Waals surface area contributed by atoms with Crippen molar-refractivity contribution in [1.82, 2.24) is 5.32 Å². The van der Waals surface area contributed by atoms with Crippen LogP contribution in [0.5, 0.6) is 0 Å². The van der Waals surface area contributed by atoms with E-state index in [1.165, 1.54) is 11.8 Å². The van der Waals surface area contributed by atoms with Crippen LogP contribution in [0.4, 0.5) is 10.1 Å². The highest BCUT2D eigenvalue weighted by Crippen LogP contribution is 2.14. The van der Waals surface area contributed by atoms with E-state index in [9.17, 15) is 4.39 Å². The molecule has 21 heavy (non-hydrogen) atoms. The zero-order valence-corrected chi connectivity index (χ0v) is 13.7. The maximum atomic E-state index is 13.2. The summed E-state index contributed by atoms with van der Waals surface area (Å²) in [6, 6.07) is 15.3. The summed E-state index contributed by atoms with van der Waals surface area (Å²) in [6.45, 7) is 2.58. The summed E-state index contributed by atoms with van der Waals surface area (Å²) >= 11 is 3.31. The van der Waals surface area contributed by atoms with Gasteiger partial charge in [0.15, 0.2) is 0 Å². The number of benzene rings is 2. The van der Waals surface area contributed by atoms with Crippen LogP contribution in [0.3, 0.4) is 0 Å². The van der Waals surface area contributed by atoms with Crippen LogP contribution in [0.1, 0.15) is 12.0 Å².